The van der Waals surface area contributed by atoms with E-state index in [9.17, 15) is 13.6 Å². The molecule has 1 aromatic heterocycles. The zero-order chi connectivity index (χ0) is 14.6. The Hall–Kier alpha value is -1.52. The molecule has 112 valence electrons. The molecule has 0 aromatic carbocycles. The number of amides is 1. The van der Waals surface area contributed by atoms with Crippen LogP contribution in [0.25, 0.3) is 0 Å². The van der Waals surface area contributed by atoms with E-state index in [1.165, 1.54) is 25.3 Å². The summed E-state index contributed by atoms with van der Waals surface area (Å²) < 4.78 is 26.9. The van der Waals surface area contributed by atoms with Crippen molar-refractivity contribution in [1.29, 1.82) is 0 Å². The zero-order valence-corrected chi connectivity index (χ0v) is 11.7. The molecule has 1 amide bonds. The first kappa shape index (κ1) is 13.2. The molecule has 5 rings (SSSR count). The van der Waals surface area contributed by atoms with Crippen molar-refractivity contribution in [2.24, 2.45) is 17.8 Å². The molecule has 0 aliphatic heterocycles. The second-order valence-corrected chi connectivity index (χ2v) is 7.12. The quantitative estimate of drug-likeness (QED) is 0.851. The van der Waals surface area contributed by atoms with E-state index in [1.807, 2.05) is 0 Å². The normalized spacial score (nSPS) is 36.8. The van der Waals surface area contributed by atoms with Gasteiger partial charge < -0.3 is 5.32 Å². The van der Waals surface area contributed by atoms with E-state index >= 15 is 0 Å². The smallest absolute Gasteiger partial charge is 0.254 e. The molecule has 4 aliphatic carbocycles. The summed E-state index contributed by atoms with van der Waals surface area (Å²) in [6.45, 7) is 0. The molecule has 1 heterocycles. The van der Waals surface area contributed by atoms with E-state index in [2.05, 4.69) is 10.3 Å². The molecule has 5 heteroatoms. The first-order valence-electron chi connectivity index (χ1n) is 7.67. The predicted octanol–water partition coefficient (Wildman–Crippen LogP) is 3.06. The molecule has 1 aromatic rings. The molecule has 0 radical (unpaired) electrons. The summed E-state index contributed by atoms with van der Waals surface area (Å²) in [5, 5.41) is 3.04. The van der Waals surface area contributed by atoms with Gasteiger partial charge in [0.15, 0.2) is 5.82 Å². The van der Waals surface area contributed by atoms with Gasteiger partial charge >= 0.3 is 0 Å². The molecule has 0 saturated heterocycles. The maximum absolute atomic E-state index is 13.7. The predicted molar refractivity (Wildman–Crippen MR) is 72.5 cm³/mol. The number of carbonyl (C=O) groups is 1. The van der Waals surface area contributed by atoms with Gasteiger partial charge in [-0.25, -0.2) is 9.37 Å². The van der Waals surface area contributed by atoms with E-state index in [4.69, 9.17) is 0 Å². The minimum absolute atomic E-state index is 0.196. The Morgan fingerprint density at radius 3 is 2.29 bits per heavy atom. The average Bonchev–Trinajstić information content (AvgIpc) is 2.39. The van der Waals surface area contributed by atoms with Crippen molar-refractivity contribution in [2.45, 2.75) is 44.1 Å². The second-order valence-electron chi connectivity index (χ2n) is 7.12. The van der Waals surface area contributed by atoms with Crippen LogP contribution in [0.2, 0.25) is 0 Å². The standard InChI is InChI=1S/C16H18F2N2O/c17-13-12(1-2-19-14(13)18)15(21)20-16-6-9-3-10(7-16)5-11(4-9)8-16/h1-2,9-11H,3-8H2,(H,20,21). The van der Waals surface area contributed by atoms with Crippen LogP contribution >= 0.6 is 0 Å². The summed E-state index contributed by atoms with van der Waals surface area (Å²) in [4.78, 5) is 15.6. The van der Waals surface area contributed by atoms with Gasteiger partial charge in [-0.15, -0.1) is 0 Å². The van der Waals surface area contributed by atoms with Crippen molar-refractivity contribution < 1.29 is 13.6 Å². The van der Waals surface area contributed by atoms with Crippen molar-refractivity contribution in [3.8, 4) is 0 Å². The molecule has 3 nitrogen and oxygen atoms in total. The minimum Gasteiger partial charge on any atom is -0.346 e. The van der Waals surface area contributed by atoms with Crippen LogP contribution in [0, 0.1) is 29.5 Å². The van der Waals surface area contributed by atoms with E-state index in [0.717, 1.165) is 25.5 Å². The lowest BCUT2D eigenvalue weighted by molar-refractivity contribution is -0.0167. The second kappa shape index (κ2) is 4.49. The Labute approximate surface area is 122 Å². The fourth-order valence-corrected chi connectivity index (χ4v) is 5.17. The summed E-state index contributed by atoms with van der Waals surface area (Å²) in [5.74, 6) is -0.801. The third-order valence-corrected chi connectivity index (χ3v) is 5.51. The molecular weight excluding hydrogens is 274 g/mol. The third-order valence-electron chi connectivity index (χ3n) is 5.51. The van der Waals surface area contributed by atoms with E-state index in [-0.39, 0.29) is 11.1 Å². The molecular formula is C16H18F2N2O. The third kappa shape index (κ3) is 2.14. The van der Waals surface area contributed by atoms with Crippen LogP contribution in [-0.4, -0.2) is 16.4 Å². The lowest BCUT2D eigenvalue weighted by atomic mass is 9.53. The van der Waals surface area contributed by atoms with Crippen LogP contribution in [-0.2, 0) is 0 Å². The molecule has 21 heavy (non-hydrogen) atoms. The maximum Gasteiger partial charge on any atom is 0.254 e. The highest BCUT2D eigenvalue weighted by atomic mass is 19.2. The van der Waals surface area contributed by atoms with Gasteiger partial charge in [-0.1, -0.05) is 0 Å². The van der Waals surface area contributed by atoms with Crippen molar-refractivity contribution in [1.82, 2.24) is 10.3 Å². The van der Waals surface area contributed by atoms with Crippen LogP contribution in [0.5, 0.6) is 0 Å². The molecule has 0 spiro atoms. The van der Waals surface area contributed by atoms with E-state index in [1.54, 1.807) is 0 Å². The largest absolute Gasteiger partial charge is 0.346 e. The number of aromatic nitrogens is 1. The Bertz CT molecular complexity index is 567. The highest BCUT2D eigenvalue weighted by Crippen LogP contribution is 2.55. The SMILES string of the molecule is O=C(NC12CC3CC(CC(C3)C1)C2)c1ccnc(F)c1F. The van der Waals surface area contributed by atoms with Gasteiger partial charge in [0.2, 0.25) is 5.95 Å². The molecule has 1 N–H and O–H groups in total. The lowest BCUT2D eigenvalue weighted by Gasteiger charge is -2.56. The van der Waals surface area contributed by atoms with Crippen LogP contribution in [0.4, 0.5) is 8.78 Å². The number of pyridine rings is 1. The van der Waals surface area contributed by atoms with Gasteiger partial charge in [0.05, 0.1) is 5.56 Å². The van der Waals surface area contributed by atoms with Gasteiger partial charge in [-0.2, -0.15) is 4.39 Å². The minimum atomic E-state index is -1.21. The Kier molecular flexibility index (Phi) is 2.81. The molecule has 0 unspecified atom stereocenters. The number of nitrogens with one attached hydrogen (secondary N) is 1. The van der Waals surface area contributed by atoms with Gasteiger partial charge in [0, 0.05) is 11.7 Å². The number of hydrogen-bond acceptors (Lipinski definition) is 2. The highest BCUT2D eigenvalue weighted by Gasteiger charge is 2.51. The first-order chi connectivity index (χ1) is 10.0. The summed E-state index contributed by atoms with van der Waals surface area (Å²) in [7, 11) is 0. The van der Waals surface area contributed by atoms with E-state index in [0.29, 0.717) is 17.8 Å². The lowest BCUT2D eigenvalue weighted by Crippen LogP contribution is -2.59. The summed E-state index contributed by atoms with van der Waals surface area (Å²) in [6.07, 6.45) is 7.90. The number of hydrogen-bond donors (Lipinski definition) is 1. The fraction of sp³-hybridized carbons (Fsp3) is 0.625. The number of halogens is 2. The average molecular weight is 292 g/mol. The fourth-order valence-electron chi connectivity index (χ4n) is 5.17. The first-order valence-corrected chi connectivity index (χ1v) is 7.67. The van der Waals surface area contributed by atoms with Gasteiger partial charge in [-0.05, 0) is 62.3 Å². The molecule has 0 atom stereocenters. The van der Waals surface area contributed by atoms with Crippen molar-refractivity contribution in [3.05, 3.63) is 29.6 Å². The number of nitrogens with zero attached hydrogens (tertiary/aromatic N) is 1. The molecule has 4 fully saturated rings. The highest BCUT2D eigenvalue weighted by molar-refractivity contribution is 5.94. The molecule has 4 bridgehead atoms. The molecule has 4 saturated carbocycles. The Morgan fingerprint density at radius 1 is 1.14 bits per heavy atom. The summed E-state index contributed by atoms with van der Waals surface area (Å²) in [6, 6.07) is 1.24. The van der Waals surface area contributed by atoms with Crippen LogP contribution in [0.1, 0.15) is 48.9 Å². The van der Waals surface area contributed by atoms with Crippen molar-refractivity contribution in [3.63, 3.8) is 0 Å². The van der Waals surface area contributed by atoms with Crippen LogP contribution < -0.4 is 5.32 Å². The van der Waals surface area contributed by atoms with E-state index < -0.39 is 17.7 Å². The van der Waals surface area contributed by atoms with Gasteiger partial charge in [0.25, 0.3) is 5.91 Å². The number of rotatable bonds is 2. The monoisotopic (exact) mass is 292 g/mol. The topological polar surface area (TPSA) is 42.0 Å². The van der Waals surface area contributed by atoms with Gasteiger partial charge in [0.1, 0.15) is 0 Å². The van der Waals surface area contributed by atoms with Crippen LogP contribution in [0.15, 0.2) is 12.3 Å². The van der Waals surface area contributed by atoms with Crippen molar-refractivity contribution >= 4 is 5.91 Å². The number of carbonyl (C=O) groups excluding carboxylic acids is 1. The summed E-state index contributed by atoms with van der Waals surface area (Å²) >= 11 is 0. The van der Waals surface area contributed by atoms with Crippen LogP contribution in [0.3, 0.4) is 0 Å². The van der Waals surface area contributed by atoms with Gasteiger partial charge in [-0.3, -0.25) is 4.79 Å². The Morgan fingerprint density at radius 2 is 1.71 bits per heavy atom. The maximum atomic E-state index is 13.7. The summed E-state index contributed by atoms with van der Waals surface area (Å²) in [5.41, 5.74) is -0.434. The van der Waals surface area contributed by atoms with Crippen molar-refractivity contribution in [2.75, 3.05) is 0 Å². The zero-order valence-electron chi connectivity index (χ0n) is 11.7. The molecule has 4 aliphatic rings. The Balaban J connectivity index is 1.58.